The Balaban J connectivity index is 2.01. The van der Waals surface area contributed by atoms with Gasteiger partial charge in [-0.3, -0.25) is 5.10 Å². The van der Waals surface area contributed by atoms with Gasteiger partial charge in [-0.1, -0.05) is 29.3 Å². The summed E-state index contributed by atoms with van der Waals surface area (Å²) in [7, 11) is 4.58. The normalized spacial score (nSPS) is 14.9. The number of hydrogen-bond acceptors (Lipinski definition) is 7. The Morgan fingerprint density at radius 3 is 2.34 bits per heavy atom. The van der Waals surface area contributed by atoms with E-state index in [9.17, 15) is 5.26 Å². The third-order valence-electron chi connectivity index (χ3n) is 5.19. The minimum atomic E-state index is -0.665. The topological polar surface area (TPSA) is 115 Å². The molecule has 0 fully saturated rings. The maximum atomic E-state index is 9.96. The molecule has 0 saturated heterocycles. The zero-order chi connectivity index (χ0) is 23.0. The van der Waals surface area contributed by atoms with Crippen molar-refractivity contribution in [2.24, 2.45) is 5.73 Å². The van der Waals surface area contributed by atoms with Crippen LogP contribution in [0.5, 0.6) is 23.1 Å². The average molecular weight is 473 g/mol. The van der Waals surface area contributed by atoms with Crippen LogP contribution in [0.1, 0.15) is 17.0 Å². The molecule has 1 atom stereocenters. The highest BCUT2D eigenvalue weighted by Crippen LogP contribution is 2.50. The molecule has 164 valence electrons. The zero-order valence-electron chi connectivity index (χ0n) is 17.3. The van der Waals surface area contributed by atoms with Crippen molar-refractivity contribution in [1.82, 2.24) is 10.2 Å². The van der Waals surface area contributed by atoms with E-state index in [4.69, 9.17) is 47.9 Å². The lowest BCUT2D eigenvalue weighted by Gasteiger charge is -2.26. The van der Waals surface area contributed by atoms with Crippen molar-refractivity contribution in [1.29, 1.82) is 5.26 Å². The van der Waals surface area contributed by atoms with Crippen LogP contribution in [-0.2, 0) is 0 Å². The maximum absolute atomic E-state index is 9.96. The number of nitrogens with zero attached hydrogens (tertiary/aromatic N) is 2. The van der Waals surface area contributed by atoms with Gasteiger partial charge in [-0.05, 0) is 18.2 Å². The Hall–Kier alpha value is -3.54. The molecular formula is C22H18Cl2N4O4. The first-order valence-corrected chi connectivity index (χ1v) is 10.1. The third-order valence-corrected chi connectivity index (χ3v) is 5.93. The van der Waals surface area contributed by atoms with Gasteiger partial charge < -0.3 is 24.7 Å². The third kappa shape index (κ3) is 3.45. The van der Waals surface area contributed by atoms with Gasteiger partial charge in [-0.2, -0.15) is 5.26 Å². The van der Waals surface area contributed by atoms with Crippen LogP contribution in [0, 0.1) is 11.3 Å². The molecule has 0 amide bonds. The standard InChI is InChI=1S/C22H18Cl2N4O4/c1-29-15-8-17(31-3)16(30-2)7-11(15)18-12(9-25)21(26)32-22-19(18)20(27-28-22)10-4-5-13(23)14(24)6-10/h4-8,18H,26H2,1-3H3,(H,27,28)/t18-/m0/s1. The summed E-state index contributed by atoms with van der Waals surface area (Å²) in [4.78, 5) is 0. The smallest absolute Gasteiger partial charge is 0.244 e. The molecule has 1 aliphatic heterocycles. The highest BCUT2D eigenvalue weighted by Gasteiger charge is 2.38. The molecule has 2 aromatic carbocycles. The largest absolute Gasteiger partial charge is 0.496 e. The van der Waals surface area contributed by atoms with Crippen LogP contribution < -0.4 is 24.7 Å². The van der Waals surface area contributed by atoms with Crippen LogP contribution in [0.4, 0.5) is 0 Å². The number of nitrogens with two attached hydrogens (primary N) is 1. The second kappa shape index (κ2) is 8.54. The van der Waals surface area contributed by atoms with Crippen LogP contribution in [0.25, 0.3) is 11.3 Å². The molecule has 0 saturated carbocycles. The lowest BCUT2D eigenvalue weighted by Crippen LogP contribution is -2.21. The van der Waals surface area contributed by atoms with E-state index in [2.05, 4.69) is 16.3 Å². The first kappa shape index (κ1) is 21.7. The van der Waals surface area contributed by atoms with Gasteiger partial charge in [0.2, 0.25) is 11.8 Å². The van der Waals surface area contributed by atoms with E-state index in [0.29, 0.717) is 49.7 Å². The van der Waals surface area contributed by atoms with Gasteiger partial charge >= 0.3 is 0 Å². The van der Waals surface area contributed by atoms with Crippen molar-refractivity contribution in [2.45, 2.75) is 5.92 Å². The molecule has 0 bridgehead atoms. The Morgan fingerprint density at radius 2 is 1.72 bits per heavy atom. The number of fused-ring (bicyclic) bond motifs is 1. The van der Waals surface area contributed by atoms with E-state index >= 15 is 0 Å². The van der Waals surface area contributed by atoms with E-state index < -0.39 is 5.92 Å². The Labute approximate surface area is 194 Å². The zero-order valence-corrected chi connectivity index (χ0v) is 18.8. The van der Waals surface area contributed by atoms with Crippen molar-refractivity contribution in [3.63, 3.8) is 0 Å². The van der Waals surface area contributed by atoms with Crippen molar-refractivity contribution >= 4 is 23.2 Å². The fraction of sp³-hybridized carbons (Fsp3) is 0.182. The van der Waals surface area contributed by atoms with E-state index in [0.717, 1.165) is 0 Å². The molecule has 2 heterocycles. The minimum absolute atomic E-state index is 0.0472. The maximum Gasteiger partial charge on any atom is 0.244 e. The average Bonchev–Trinajstić information content (AvgIpc) is 3.22. The van der Waals surface area contributed by atoms with Crippen LogP contribution in [0.2, 0.25) is 10.0 Å². The molecule has 3 aromatic rings. The first-order valence-electron chi connectivity index (χ1n) is 9.34. The van der Waals surface area contributed by atoms with Crippen molar-refractivity contribution in [3.05, 3.63) is 63.0 Å². The Kier molecular flexibility index (Phi) is 5.78. The summed E-state index contributed by atoms with van der Waals surface area (Å²) in [5, 5.41) is 18.0. The van der Waals surface area contributed by atoms with E-state index in [-0.39, 0.29) is 17.3 Å². The number of ether oxygens (including phenoxy) is 4. The van der Waals surface area contributed by atoms with Crippen molar-refractivity contribution in [2.75, 3.05) is 21.3 Å². The summed E-state index contributed by atoms with van der Waals surface area (Å²) in [5.74, 6) is 0.946. The van der Waals surface area contributed by atoms with Gasteiger partial charge in [0.05, 0.1) is 48.5 Å². The Bertz CT molecular complexity index is 1280. The van der Waals surface area contributed by atoms with E-state index in [1.807, 2.05) is 0 Å². The lowest BCUT2D eigenvalue weighted by molar-refractivity contribution is 0.346. The van der Waals surface area contributed by atoms with Crippen LogP contribution in [0.3, 0.4) is 0 Å². The SMILES string of the molecule is COc1cc(OC)c([C@H]2C(C#N)=C(N)Oc3n[nH]c(-c4ccc(Cl)c(Cl)c4)c32)cc1OC. The molecular weight excluding hydrogens is 455 g/mol. The first-order chi connectivity index (χ1) is 15.4. The summed E-state index contributed by atoms with van der Waals surface area (Å²) < 4.78 is 22.1. The fourth-order valence-corrected chi connectivity index (χ4v) is 4.00. The monoisotopic (exact) mass is 472 g/mol. The molecule has 1 aromatic heterocycles. The number of nitriles is 1. The van der Waals surface area contributed by atoms with E-state index in [1.165, 1.54) is 21.3 Å². The number of benzene rings is 2. The number of allylic oxidation sites excluding steroid dienone is 1. The number of nitrogens with one attached hydrogen (secondary N) is 1. The summed E-state index contributed by atoms with van der Waals surface area (Å²) in [5.41, 5.74) is 8.81. The number of H-pyrrole nitrogens is 1. The molecule has 0 radical (unpaired) electrons. The summed E-state index contributed by atoms with van der Waals surface area (Å²) >= 11 is 12.3. The molecule has 0 unspecified atom stereocenters. The predicted octanol–water partition coefficient (Wildman–Crippen LogP) is 4.63. The summed E-state index contributed by atoms with van der Waals surface area (Å²) in [6, 6.07) is 10.8. The summed E-state index contributed by atoms with van der Waals surface area (Å²) in [6.07, 6.45) is 0. The van der Waals surface area contributed by atoms with Gasteiger partial charge in [-0.25, -0.2) is 0 Å². The van der Waals surface area contributed by atoms with Crippen LogP contribution in [-0.4, -0.2) is 31.5 Å². The molecule has 1 aliphatic rings. The van der Waals surface area contributed by atoms with Crippen LogP contribution >= 0.6 is 23.2 Å². The molecule has 8 nitrogen and oxygen atoms in total. The quantitative estimate of drug-likeness (QED) is 0.555. The van der Waals surface area contributed by atoms with Gasteiger partial charge in [0.25, 0.3) is 0 Å². The molecule has 3 N–H and O–H groups in total. The highest BCUT2D eigenvalue weighted by molar-refractivity contribution is 6.42. The van der Waals surface area contributed by atoms with Crippen molar-refractivity contribution < 1.29 is 18.9 Å². The lowest BCUT2D eigenvalue weighted by atomic mass is 9.82. The van der Waals surface area contributed by atoms with Gasteiger partial charge in [0.15, 0.2) is 11.5 Å². The molecule has 4 rings (SSSR count). The number of halogens is 2. The van der Waals surface area contributed by atoms with Crippen molar-refractivity contribution in [3.8, 4) is 40.5 Å². The molecule has 0 aliphatic carbocycles. The number of rotatable bonds is 5. The number of aromatic amines is 1. The number of methoxy groups -OCH3 is 3. The minimum Gasteiger partial charge on any atom is -0.496 e. The van der Waals surface area contributed by atoms with Gasteiger partial charge in [0, 0.05) is 17.2 Å². The molecule has 32 heavy (non-hydrogen) atoms. The number of aromatic nitrogens is 2. The Morgan fingerprint density at radius 1 is 1.03 bits per heavy atom. The molecule has 10 heteroatoms. The predicted molar refractivity (Wildman–Crippen MR) is 119 cm³/mol. The second-order valence-electron chi connectivity index (χ2n) is 6.82. The van der Waals surface area contributed by atoms with Crippen LogP contribution in [0.15, 0.2) is 41.8 Å². The van der Waals surface area contributed by atoms with Gasteiger partial charge in [-0.15, -0.1) is 5.10 Å². The van der Waals surface area contributed by atoms with Gasteiger partial charge in [0.1, 0.15) is 17.4 Å². The molecule has 0 spiro atoms. The fourth-order valence-electron chi connectivity index (χ4n) is 3.71. The summed E-state index contributed by atoms with van der Waals surface area (Å²) in [6.45, 7) is 0. The van der Waals surface area contributed by atoms with E-state index in [1.54, 1.807) is 30.3 Å². The highest BCUT2D eigenvalue weighted by atomic mass is 35.5. The second-order valence-corrected chi connectivity index (χ2v) is 7.63. The number of hydrogen-bond donors (Lipinski definition) is 2.